The zero-order valence-corrected chi connectivity index (χ0v) is 9.95. The number of hydrogen-bond acceptors (Lipinski definition) is 3. The number of rotatable bonds is 4. The summed E-state index contributed by atoms with van der Waals surface area (Å²) >= 11 is 0. The van der Waals surface area contributed by atoms with Gasteiger partial charge in [-0.25, -0.2) is 18.7 Å². The highest BCUT2D eigenvalue weighted by molar-refractivity contribution is 5.60. The van der Waals surface area contributed by atoms with Gasteiger partial charge in [-0.15, -0.1) is 0 Å². The summed E-state index contributed by atoms with van der Waals surface area (Å²) in [6, 6.07) is 4.94. The third kappa shape index (κ3) is 3.00. The van der Waals surface area contributed by atoms with Crippen LogP contribution in [0, 0.1) is 11.6 Å². The number of nitrogens with zero attached hydrogens (tertiary/aromatic N) is 2. The molecule has 0 spiro atoms. The molecule has 1 N–H and O–H groups in total. The van der Waals surface area contributed by atoms with Crippen LogP contribution >= 0.6 is 0 Å². The largest absolute Gasteiger partial charge is 0.354 e. The van der Waals surface area contributed by atoms with Crippen molar-refractivity contribution in [3.05, 3.63) is 42.1 Å². The molecule has 0 radical (unpaired) electrons. The van der Waals surface area contributed by atoms with Crippen LogP contribution in [0.25, 0.3) is 11.3 Å². The maximum atomic E-state index is 13.1. The first-order valence-electron chi connectivity index (χ1n) is 5.72. The summed E-state index contributed by atoms with van der Waals surface area (Å²) in [6.07, 6.45) is 2.51. The molecule has 1 aromatic carbocycles. The third-order valence-electron chi connectivity index (χ3n) is 2.35. The van der Waals surface area contributed by atoms with E-state index in [1.54, 1.807) is 12.3 Å². The molecule has 18 heavy (non-hydrogen) atoms. The van der Waals surface area contributed by atoms with E-state index in [-0.39, 0.29) is 0 Å². The van der Waals surface area contributed by atoms with Crippen molar-refractivity contribution in [2.75, 3.05) is 11.9 Å². The van der Waals surface area contributed by atoms with Crippen molar-refractivity contribution in [3.63, 3.8) is 0 Å². The Bertz CT molecular complexity index is 523. The first-order valence-corrected chi connectivity index (χ1v) is 5.72. The molecule has 0 saturated carbocycles. The zero-order chi connectivity index (χ0) is 13.0. The Kier molecular flexibility index (Phi) is 3.82. The maximum Gasteiger partial charge on any atom is 0.223 e. The molecule has 2 rings (SSSR count). The molecule has 5 heteroatoms. The molecule has 1 heterocycles. The second-order valence-corrected chi connectivity index (χ2v) is 3.85. The number of halogens is 2. The van der Waals surface area contributed by atoms with Crippen LogP contribution in [0.1, 0.15) is 13.3 Å². The molecule has 0 aliphatic carbocycles. The van der Waals surface area contributed by atoms with Crippen molar-refractivity contribution in [2.45, 2.75) is 13.3 Å². The minimum absolute atomic E-state index is 0.398. The summed E-state index contributed by atoms with van der Waals surface area (Å²) in [5.41, 5.74) is 0.886. The fourth-order valence-electron chi connectivity index (χ4n) is 1.54. The SMILES string of the molecule is CCCNc1nccc(-c2cc(F)cc(F)c2)n1. The van der Waals surface area contributed by atoms with E-state index in [0.29, 0.717) is 17.2 Å². The van der Waals surface area contributed by atoms with Crippen molar-refractivity contribution in [3.8, 4) is 11.3 Å². The van der Waals surface area contributed by atoms with Crippen LogP contribution in [0.2, 0.25) is 0 Å². The van der Waals surface area contributed by atoms with Gasteiger partial charge in [-0.2, -0.15) is 0 Å². The summed E-state index contributed by atoms with van der Waals surface area (Å²) in [6.45, 7) is 2.78. The van der Waals surface area contributed by atoms with Crippen LogP contribution in [0.15, 0.2) is 30.5 Å². The third-order valence-corrected chi connectivity index (χ3v) is 2.35. The molecule has 0 amide bonds. The zero-order valence-electron chi connectivity index (χ0n) is 9.95. The summed E-state index contributed by atoms with van der Waals surface area (Å²) in [5, 5.41) is 3.02. The van der Waals surface area contributed by atoms with Gasteiger partial charge in [0, 0.05) is 24.4 Å². The summed E-state index contributed by atoms with van der Waals surface area (Å²) in [4.78, 5) is 8.24. The van der Waals surface area contributed by atoms with Crippen molar-refractivity contribution in [1.29, 1.82) is 0 Å². The quantitative estimate of drug-likeness (QED) is 0.903. The van der Waals surface area contributed by atoms with Gasteiger partial charge in [0.25, 0.3) is 0 Å². The second-order valence-electron chi connectivity index (χ2n) is 3.85. The molecule has 1 aromatic heterocycles. The van der Waals surface area contributed by atoms with Crippen molar-refractivity contribution >= 4 is 5.95 Å². The number of hydrogen-bond donors (Lipinski definition) is 1. The van der Waals surface area contributed by atoms with E-state index in [4.69, 9.17) is 0 Å². The van der Waals surface area contributed by atoms with Gasteiger partial charge < -0.3 is 5.32 Å². The molecule has 0 atom stereocenters. The molecule has 0 aliphatic rings. The Morgan fingerprint density at radius 1 is 1.17 bits per heavy atom. The number of benzene rings is 1. The van der Waals surface area contributed by atoms with Crippen LogP contribution in [0.5, 0.6) is 0 Å². The van der Waals surface area contributed by atoms with Gasteiger partial charge in [0.1, 0.15) is 11.6 Å². The highest BCUT2D eigenvalue weighted by Crippen LogP contribution is 2.20. The first-order chi connectivity index (χ1) is 8.69. The summed E-state index contributed by atoms with van der Waals surface area (Å²) in [7, 11) is 0. The molecular weight excluding hydrogens is 236 g/mol. The van der Waals surface area contributed by atoms with Gasteiger partial charge >= 0.3 is 0 Å². The van der Waals surface area contributed by atoms with E-state index in [1.165, 1.54) is 12.1 Å². The lowest BCUT2D eigenvalue weighted by Crippen LogP contribution is -2.04. The lowest BCUT2D eigenvalue weighted by molar-refractivity contribution is 0.584. The monoisotopic (exact) mass is 249 g/mol. The lowest BCUT2D eigenvalue weighted by atomic mass is 10.1. The first kappa shape index (κ1) is 12.4. The number of anilines is 1. The Morgan fingerprint density at radius 3 is 2.56 bits per heavy atom. The molecule has 0 unspecified atom stereocenters. The average Bonchev–Trinajstić information content (AvgIpc) is 2.35. The average molecular weight is 249 g/mol. The van der Waals surface area contributed by atoms with E-state index in [1.807, 2.05) is 6.92 Å². The minimum Gasteiger partial charge on any atom is -0.354 e. The van der Waals surface area contributed by atoms with Gasteiger partial charge in [0.05, 0.1) is 5.69 Å². The predicted octanol–water partition coefficient (Wildman–Crippen LogP) is 3.24. The molecule has 3 nitrogen and oxygen atoms in total. The van der Waals surface area contributed by atoms with E-state index in [2.05, 4.69) is 15.3 Å². The maximum absolute atomic E-state index is 13.1. The Balaban J connectivity index is 2.32. The number of aromatic nitrogens is 2. The lowest BCUT2D eigenvalue weighted by Gasteiger charge is -2.05. The van der Waals surface area contributed by atoms with Crippen molar-refractivity contribution in [1.82, 2.24) is 9.97 Å². The normalized spacial score (nSPS) is 10.4. The van der Waals surface area contributed by atoms with E-state index in [9.17, 15) is 8.78 Å². The number of nitrogens with one attached hydrogen (secondary N) is 1. The van der Waals surface area contributed by atoms with Crippen molar-refractivity contribution in [2.24, 2.45) is 0 Å². The smallest absolute Gasteiger partial charge is 0.223 e. The van der Waals surface area contributed by atoms with Gasteiger partial charge in [-0.1, -0.05) is 6.92 Å². The van der Waals surface area contributed by atoms with E-state index in [0.717, 1.165) is 19.0 Å². The Hall–Kier alpha value is -2.04. The fraction of sp³-hybridized carbons (Fsp3) is 0.231. The Labute approximate surface area is 104 Å². The van der Waals surface area contributed by atoms with E-state index >= 15 is 0 Å². The van der Waals surface area contributed by atoms with Gasteiger partial charge in [0.15, 0.2) is 0 Å². The molecular formula is C13H13F2N3. The molecule has 0 bridgehead atoms. The topological polar surface area (TPSA) is 37.8 Å². The highest BCUT2D eigenvalue weighted by atomic mass is 19.1. The van der Waals surface area contributed by atoms with Gasteiger partial charge in [-0.3, -0.25) is 0 Å². The standard InChI is InChI=1S/C13H13F2N3/c1-2-4-16-13-17-5-3-12(18-13)9-6-10(14)8-11(15)7-9/h3,5-8H,2,4H2,1H3,(H,16,17,18). The molecule has 0 aliphatic heterocycles. The second kappa shape index (κ2) is 5.53. The minimum atomic E-state index is -0.619. The fourth-order valence-corrected chi connectivity index (χ4v) is 1.54. The van der Waals surface area contributed by atoms with Crippen LogP contribution < -0.4 is 5.32 Å². The Morgan fingerprint density at radius 2 is 1.89 bits per heavy atom. The molecule has 0 saturated heterocycles. The van der Waals surface area contributed by atoms with Crippen LogP contribution in [0.3, 0.4) is 0 Å². The summed E-state index contributed by atoms with van der Waals surface area (Å²) in [5.74, 6) is -0.780. The molecule has 94 valence electrons. The van der Waals surface area contributed by atoms with Gasteiger partial charge in [-0.05, 0) is 24.6 Å². The predicted molar refractivity (Wildman–Crippen MR) is 66.2 cm³/mol. The van der Waals surface area contributed by atoms with Crippen LogP contribution in [-0.4, -0.2) is 16.5 Å². The molecule has 2 aromatic rings. The highest BCUT2D eigenvalue weighted by Gasteiger charge is 2.05. The van der Waals surface area contributed by atoms with Crippen molar-refractivity contribution < 1.29 is 8.78 Å². The summed E-state index contributed by atoms with van der Waals surface area (Å²) < 4.78 is 26.2. The molecule has 0 fully saturated rings. The van der Waals surface area contributed by atoms with Gasteiger partial charge in [0.2, 0.25) is 5.95 Å². The van der Waals surface area contributed by atoms with Crippen LogP contribution in [-0.2, 0) is 0 Å². The van der Waals surface area contributed by atoms with Crippen LogP contribution in [0.4, 0.5) is 14.7 Å². The van der Waals surface area contributed by atoms with E-state index < -0.39 is 11.6 Å².